The van der Waals surface area contributed by atoms with Crippen LogP contribution < -0.4 is 5.73 Å². The third-order valence-electron chi connectivity index (χ3n) is 4.53. The van der Waals surface area contributed by atoms with Gasteiger partial charge >= 0.3 is 0 Å². The van der Waals surface area contributed by atoms with Gasteiger partial charge in [-0.15, -0.1) is 0 Å². The molecule has 2 unspecified atom stereocenters. The van der Waals surface area contributed by atoms with Gasteiger partial charge in [0.25, 0.3) is 0 Å². The van der Waals surface area contributed by atoms with Crippen molar-refractivity contribution in [2.24, 2.45) is 11.7 Å². The Balaban J connectivity index is 1.89. The van der Waals surface area contributed by atoms with E-state index in [0.29, 0.717) is 12.0 Å². The molecule has 0 amide bonds. The molecular weight excluding hydrogens is 220 g/mol. The van der Waals surface area contributed by atoms with Gasteiger partial charge in [0.15, 0.2) is 0 Å². The first kappa shape index (κ1) is 12.2. The van der Waals surface area contributed by atoms with Gasteiger partial charge in [0.1, 0.15) is 0 Å². The van der Waals surface area contributed by atoms with E-state index in [9.17, 15) is 0 Å². The minimum Gasteiger partial charge on any atom is -0.330 e. The first-order chi connectivity index (χ1) is 8.79. The van der Waals surface area contributed by atoms with Crippen LogP contribution >= 0.6 is 0 Å². The van der Waals surface area contributed by atoms with Gasteiger partial charge in [-0.25, -0.2) is 0 Å². The van der Waals surface area contributed by atoms with Gasteiger partial charge in [0, 0.05) is 12.1 Å². The molecule has 98 valence electrons. The Hall–Kier alpha value is -0.860. The zero-order valence-corrected chi connectivity index (χ0v) is 11.3. The largest absolute Gasteiger partial charge is 0.330 e. The molecule has 1 saturated carbocycles. The fourth-order valence-electron chi connectivity index (χ4n) is 3.39. The highest BCUT2D eigenvalue weighted by Gasteiger charge is 2.39. The SMILES string of the molecule is Cc1ccc(C2C(CN)CCCN2C2CC2)cc1. The molecular formula is C16H24N2. The van der Waals surface area contributed by atoms with Gasteiger partial charge in [-0.3, -0.25) is 4.90 Å². The molecule has 18 heavy (non-hydrogen) atoms. The van der Waals surface area contributed by atoms with Crippen LogP contribution in [0.5, 0.6) is 0 Å². The lowest BCUT2D eigenvalue weighted by atomic mass is 9.84. The van der Waals surface area contributed by atoms with Gasteiger partial charge in [-0.1, -0.05) is 29.8 Å². The average molecular weight is 244 g/mol. The number of hydrogen-bond acceptors (Lipinski definition) is 2. The van der Waals surface area contributed by atoms with Crippen molar-refractivity contribution in [1.29, 1.82) is 0 Å². The molecule has 2 heteroatoms. The number of nitrogens with two attached hydrogens (primary N) is 1. The summed E-state index contributed by atoms with van der Waals surface area (Å²) >= 11 is 0. The Morgan fingerprint density at radius 2 is 1.89 bits per heavy atom. The Morgan fingerprint density at radius 1 is 1.17 bits per heavy atom. The van der Waals surface area contributed by atoms with Crippen LogP contribution in [-0.4, -0.2) is 24.0 Å². The van der Waals surface area contributed by atoms with Crippen LogP contribution in [-0.2, 0) is 0 Å². The fourth-order valence-corrected chi connectivity index (χ4v) is 3.39. The summed E-state index contributed by atoms with van der Waals surface area (Å²) in [5.41, 5.74) is 8.84. The summed E-state index contributed by atoms with van der Waals surface area (Å²) in [5.74, 6) is 0.641. The van der Waals surface area contributed by atoms with E-state index in [-0.39, 0.29) is 0 Å². The second kappa shape index (κ2) is 5.02. The Bertz CT molecular complexity index is 394. The Kier molecular flexibility index (Phi) is 3.40. The molecule has 3 rings (SSSR count). The van der Waals surface area contributed by atoms with Gasteiger partial charge in [0.05, 0.1) is 0 Å². The molecule has 1 aromatic carbocycles. The number of hydrogen-bond donors (Lipinski definition) is 1. The van der Waals surface area contributed by atoms with E-state index in [1.807, 2.05) is 0 Å². The zero-order valence-electron chi connectivity index (χ0n) is 11.3. The highest BCUT2D eigenvalue weighted by molar-refractivity contribution is 5.25. The highest BCUT2D eigenvalue weighted by atomic mass is 15.2. The lowest BCUT2D eigenvalue weighted by molar-refractivity contribution is 0.0880. The molecule has 0 bridgehead atoms. The standard InChI is InChI=1S/C16H24N2/c1-12-4-6-13(7-5-12)16-14(11-17)3-2-10-18(16)15-8-9-15/h4-7,14-16H,2-3,8-11,17H2,1H3. The molecule has 2 atom stereocenters. The van der Waals surface area contributed by atoms with Crippen LogP contribution in [0.2, 0.25) is 0 Å². The Labute approximate surface area is 110 Å². The molecule has 1 aliphatic carbocycles. The van der Waals surface area contributed by atoms with E-state index in [4.69, 9.17) is 5.73 Å². The summed E-state index contributed by atoms with van der Waals surface area (Å²) in [7, 11) is 0. The second-order valence-corrected chi connectivity index (χ2v) is 5.96. The molecule has 0 radical (unpaired) electrons. The maximum Gasteiger partial charge on any atom is 0.0391 e. The molecule has 0 spiro atoms. The quantitative estimate of drug-likeness (QED) is 0.886. The summed E-state index contributed by atoms with van der Waals surface area (Å²) in [4.78, 5) is 2.73. The smallest absolute Gasteiger partial charge is 0.0391 e. The van der Waals surface area contributed by atoms with Gasteiger partial charge in [-0.05, 0) is 57.2 Å². The summed E-state index contributed by atoms with van der Waals surface area (Å²) in [5, 5.41) is 0. The molecule has 1 aromatic rings. The summed E-state index contributed by atoms with van der Waals surface area (Å²) in [6, 6.07) is 10.5. The first-order valence-corrected chi connectivity index (χ1v) is 7.32. The third kappa shape index (κ3) is 2.32. The number of benzene rings is 1. The van der Waals surface area contributed by atoms with Crippen LogP contribution in [0.15, 0.2) is 24.3 Å². The van der Waals surface area contributed by atoms with Crippen molar-refractivity contribution < 1.29 is 0 Å². The summed E-state index contributed by atoms with van der Waals surface area (Å²) < 4.78 is 0. The van der Waals surface area contributed by atoms with E-state index < -0.39 is 0 Å². The molecule has 1 saturated heterocycles. The molecule has 2 N–H and O–H groups in total. The number of aryl methyl sites for hydroxylation is 1. The zero-order chi connectivity index (χ0) is 12.5. The normalized spacial score (nSPS) is 29.4. The van der Waals surface area contributed by atoms with Crippen molar-refractivity contribution in [2.45, 2.75) is 44.7 Å². The predicted molar refractivity (Wildman–Crippen MR) is 75.4 cm³/mol. The molecule has 2 aliphatic rings. The van der Waals surface area contributed by atoms with Crippen molar-refractivity contribution in [1.82, 2.24) is 4.90 Å². The Morgan fingerprint density at radius 3 is 2.50 bits per heavy atom. The van der Waals surface area contributed by atoms with Crippen LogP contribution in [0.4, 0.5) is 0 Å². The predicted octanol–water partition coefficient (Wildman–Crippen LogP) is 2.87. The minimum atomic E-state index is 0.567. The second-order valence-electron chi connectivity index (χ2n) is 5.96. The molecule has 2 fully saturated rings. The monoisotopic (exact) mass is 244 g/mol. The van der Waals surface area contributed by atoms with Crippen LogP contribution in [0, 0.1) is 12.8 Å². The number of likely N-dealkylation sites (tertiary alicyclic amines) is 1. The van der Waals surface area contributed by atoms with Crippen molar-refractivity contribution in [3.8, 4) is 0 Å². The third-order valence-corrected chi connectivity index (χ3v) is 4.53. The van der Waals surface area contributed by atoms with E-state index in [2.05, 4.69) is 36.1 Å². The number of rotatable bonds is 3. The maximum atomic E-state index is 6.02. The molecule has 1 aliphatic heterocycles. The van der Waals surface area contributed by atoms with Crippen molar-refractivity contribution in [2.75, 3.05) is 13.1 Å². The van der Waals surface area contributed by atoms with Crippen molar-refractivity contribution in [3.05, 3.63) is 35.4 Å². The molecule has 2 nitrogen and oxygen atoms in total. The summed E-state index contributed by atoms with van der Waals surface area (Å²) in [6.07, 6.45) is 5.39. The molecule has 1 heterocycles. The first-order valence-electron chi connectivity index (χ1n) is 7.32. The van der Waals surface area contributed by atoms with E-state index in [1.165, 1.54) is 43.4 Å². The van der Waals surface area contributed by atoms with Gasteiger partial charge < -0.3 is 5.73 Å². The highest BCUT2D eigenvalue weighted by Crippen LogP contribution is 2.42. The molecule has 0 aromatic heterocycles. The van der Waals surface area contributed by atoms with E-state index in [0.717, 1.165) is 12.6 Å². The number of piperidine rings is 1. The van der Waals surface area contributed by atoms with Crippen molar-refractivity contribution >= 4 is 0 Å². The minimum absolute atomic E-state index is 0.567. The summed E-state index contributed by atoms with van der Waals surface area (Å²) in [6.45, 7) is 4.24. The average Bonchev–Trinajstić information content (AvgIpc) is 3.23. The van der Waals surface area contributed by atoms with Gasteiger partial charge in [0.2, 0.25) is 0 Å². The van der Waals surface area contributed by atoms with Crippen LogP contribution in [0.3, 0.4) is 0 Å². The van der Waals surface area contributed by atoms with E-state index >= 15 is 0 Å². The van der Waals surface area contributed by atoms with E-state index in [1.54, 1.807) is 0 Å². The van der Waals surface area contributed by atoms with Crippen LogP contribution in [0.1, 0.15) is 42.9 Å². The topological polar surface area (TPSA) is 29.3 Å². The fraction of sp³-hybridized carbons (Fsp3) is 0.625. The van der Waals surface area contributed by atoms with Gasteiger partial charge in [-0.2, -0.15) is 0 Å². The van der Waals surface area contributed by atoms with Crippen LogP contribution in [0.25, 0.3) is 0 Å². The maximum absolute atomic E-state index is 6.02. The lowest BCUT2D eigenvalue weighted by Crippen LogP contribution is -2.42. The lowest BCUT2D eigenvalue weighted by Gasteiger charge is -2.41. The van der Waals surface area contributed by atoms with Crippen molar-refractivity contribution in [3.63, 3.8) is 0 Å². The number of nitrogens with zero attached hydrogens (tertiary/aromatic N) is 1.